The fourth-order valence-corrected chi connectivity index (χ4v) is 3.24. The van der Waals surface area contributed by atoms with Crippen LogP contribution in [0.4, 0.5) is 5.69 Å². The Morgan fingerprint density at radius 3 is 2.34 bits per heavy atom. The molecular weight excluding hydrogens is 396 g/mol. The van der Waals surface area contributed by atoms with Crippen LogP contribution in [0.15, 0.2) is 53.4 Å². The summed E-state index contributed by atoms with van der Waals surface area (Å²) in [6, 6.07) is 13.1. The van der Waals surface area contributed by atoms with Crippen LogP contribution in [-0.2, 0) is 30.8 Å². The number of hydrogen-bond acceptors (Lipinski definition) is 6. The van der Waals surface area contributed by atoms with E-state index in [0.717, 1.165) is 16.3 Å². The van der Waals surface area contributed by atoms with Crippen LogP contribution in [0.3, 0.4) is 0 Å². The molecule has 0 radical (unpaired) electrons. The first-order valence-electron chi connectivity index (χ1n) is 8.92. The summed E-state index contributed by atoms with van der Waals surface area (Å²) in [5, 5.41) is 2.50. The Morgan fingerprint density at radius 1 is 1.03 bits per heavy atom. The van der Waals surface area contributed by atoms with Crippen molar-refractivity contribution in [3.63, 3.8) is 0 Å². The van der Waals surface area contributed by atoms with E-state index >= 15 is 0 Å². The van der Waals surface area contributed by atoms with E-state index in [0.29, 0.717) is 5.75 Å². The van der Waals surface area contributed by atoms with Crippen LogP contribution in [0.2, 0.25) is 0 Å². The van der Waals surface area contributed by atoms with Crippen LogP contribution in [0, 0.1) is 0 Å². The third-order valence-corrected chi connectivity index (χ3v) is 5.76. The summed E-state index contributed by atoms with van der Waals surface area (Å²) in [5.41, 5.74) is 1.43. The lowest BCUT2D eigenvalue weighted by Crippen LogP contribution is -2.24. The second-order valence-corrected chi connectivity index (χ2v) is 8.46. The first-order chi connectivity index (χ1) is 13.7. The largest absolute Gasteiger partial charge is 0.482 e. The maximum Gasteiger partial charge on any atom is 0.344 e. The predicted octanol–water partition coefficient (Wildman–Crippen LogP) is 2.06. The maximum atomic E-state index is 12.1. The summed E-state index contributed by atoms with van der Waals surface area (Å²) in [5.74, 6) is -0.753. The molecule has 0 spiro atoms. The lowest BCUT2D eigenvalue weighted by molar-refractivity contribution is -0.149. The number of carbonyl (C=O) groups excluding carboxylic acids is 2. The van der Waals surface area contributed by atoms with E-state index in [-0.39, 0.29) is 17.2 Å². The minimum Gasteiger partial charge on any atom is -0.482 e. The summed E-state index contributed by atoms with van der Waals surface area (Å²) < 4.78 is 35.5. The summed E-state index contributed by atoms with van der Waals surface area (Å²) in [4.78, 5) is 23.8. The molecule has 0 saturated carbocycles. The maximum absolute atomic E-state index is 12.1. The van der Waals surface area contributed by atoms with Crippen LogP contribution in [0.5, 0.6) is 5.75 Å². The number of benzene rings is 2. The number of aryl methyl sites for hydroxylation is 1. The molecule has 1 N–H and O–H groups in total. The Kier molecular flexibility index (Phi) is 7.74. The minimum absolute atomic E-state index is 0.0415. The fourth-order valence-electron chi connectivity index (χ4n) is 2.29. The van der Waals surface area contributed by atoms with E-state index < -0.39 is 28.5 Å². The molecule has 0 aliphatic rings. The summed E-state index contributed by atoms with van der Waals surface area (Å²) in [7, 11) is -0.785. The molecule has 0 unspecified atom stereocenters. The molecule has 0 aliphatic carbocycles. The average molecular weight is 420 g/mol. The van der Waals surface area contributed by atoms with Gasteiger partial charge < -0.3 is 14.8 Å². The van der Waals surface area contributed by atoms with Gasteiger partial charge in [0, 0.05) is 19.8 Å². The van der Waals surface area contributed by atoms with Gasteiger partial charge in [0.1, 0.15) is 5.75 Å². The van der Waals surface area contributed by atoms with Crippen LogP contribution < -0.4 is 10.1 Å². The highest BCUT2D eigenvalue weighted by atomic mass is 32.2. The second-order valence-electron chi connectivity index (χ2n) is 6.31. The molecule has 0 heterocycles. The van der Waals surface area contributed by atoms with Crippen molar-refractivity contribution >= 4 is 27.6 Å². The lowest BCUT2D eigenvalue weighted by atomic mass is 10.2. The molecule has 2 rings (SSSR count). The number of sulfonamides is 1. The highest BCUT2D eigenvalue weighted by molar-refractivity contribution is 7.89. The molecule has 0 aromatic heterocycles. The zero-order chi connectivity index (χ0) is 21.4. The molecular formula is C20H24N2O6S. The predicted molar refractivity (Wildman–Crippen MR) is 108 cm³/mol. The number of esters is 1. The van der Waals surface area contributed by atoms with Crippen molar-refractivity contribution in [3.8, 4) is 5.75 Å². The van der Waals surface area contributed by atoms with Gasteiger partial charge in [-0.15, -0.1) is 0 Å². The van der Waals surface area contributed by atoms with E-state index in [1.54, 1.807) is 12.1 Å². The smallest absolute Gasteiger partial charge is 0.344 e. The minimum atomic E-state index is -3.62. The molecule has 8 nitrogen and oxygen atoms in total. The molecule has 0 atom stereocenters. The molecule has 2 aromatic rings. The number of nitrogens with one attached hydrogen (secondary N) is 1. The van der Waals surface area contributed by atoms with Crippen molar-refractivity contribution in [1.29, 1.82) is 0 Å². The van der Waals surface area contributed by atoms with Gasteiger partial charge in [-0.3, -0.25) is 4.79 Å². The molecule has 0 saturated heterocycles. The van der Waals surface area contributed by atoms with Crippen molar-refractivity contribution in [1.82, 2.24) is 4.31 Å². The highest BCUT2D eigenvalue weighted by Crippen LogP contribution is 2.18. The van der Waals surface area contributed by atoms with Crippen molar-refractivity contribution in [2.45, 2.75) is 18.2 Å². The lowest BCUT2D eigenvalue weighted by Gasteiger charge is -2.13. The molecule has 0 fully saturated rings. The average Bonchev–Trinajstić information content (AvgIpc) is 2.71. The Morgan fingerprint density at radius 2 is 1.72 bits per heavy atom. The third kappa shape index (κ3) is 6.58. The Hall–Kier alpha value is -2.91. The van der Waals surface area contributed by atoms with Crippen molar-refractivity contribution in [2.75, 3.05) is 32.6 Å². The quantitative estimate of drug-likeness (QED) is 0.623. The number of hydrogen-bond donors (Lipinski definition) is 1. The molecule has 2 aromatic carbocycles. The number of nitrogens with zero attached hydrogens (tertiary/aromatic N) is 1. The summed E-state index contributed by atoms with van der Waals surface area (Å²) >= 11 is 0. The van der Waals surface area contributed by atoms with E-state index in [9.17, 15) is 18.0 Å². The van der Waals surface area contributed by atoms with Gasteiger partial charge in [-0.2, -0.15) is 0 Å². The first-order valence-corrected chi connectivity index (χ1v) is 10.4. The molecule has 9 heteroatoms. The molecule has 29 heavy (non-hydrogen) atoms. The highest BCUT2D eigenvalue weighted by Gasteiger charge is 2.18. The van der Waals surface area contributed by atoms with E-state index in [1.807, 2.05) is 19.1 Å². The molecule has 1 amide bonds. The molecule has 156 valence electrons. The van der Waals surface area contributed by atoms with E-state index in [4.69, 9.17) is 9.47 Å². The number of carbonyl (C=O) groups is 2. The van der Waals surface area contributed by atoms with Crippen LogP contribution in [-0.4, -0.2) is 51.9 Å². The zero-order valence-electron chi connectivity index (χ0n) is 16.5. The SMILES string of the molecule is CCc1ccc(OCC(=O)OCC(=O)Nc2cccc(S(=O)(=O)N(C)C)c2)cc1. The topological polar surface area (TPSA) is 102 Å². The number of anilines is 1. The van der Waals surface area contributed by atoms with Crippen molar-refractivity contribution in [3.05, 3.63) is 54.1 Å². The monoisotopic (exact) mass is 420 g/mol. The molecule has 0 bridgehead atoms. The van der Waals surface area contributed by atoms with Gasteiger partial charge in [0.2, 0.25) is 10.0 Å². The number of amides is 1. The Balaban J connectivity index is 1.82. The normalized spacial score (nSPS) is 11.2. The van der Waals surface area contributed by atoms with Gasteiger partial charge in [-0.1, -0.05) is 25.1 Å². The van der Waals surface area contributed by atoms with Crippen molar-refractivity contribution < 1.29 is 27.5 Å². The van der Waals surface area contributed by atoms with Crippen LogP contribution in [0.25, 0.3) is 0 Å². The van der Waals surface area contributed by atoms with E-state index in [2.05, 4.69) is 5.32 Å². The van der Waals surface area contributed by atoms with Gasteiger partial charge in [0.25, 0.3) is 5.91 Å². The third-order valence-electron chi connectivity index (χ3n) is 3.95. The van der Waals surface area contributed by atoms with Crippen LogP contribution >= 0.6 is 0 Å². The first kappa shape index (κ1) is 22.4. The van der Waals surface area contributed by atoms with Gasteiger partial charge in [0.15, 0.2) is 13.2 Å². The van der Waals surface area contributed by atoms with E-state index in [1.165, 1.54) is 38.4 Å². The van der Waals surface area contributed by atoms with Crippen molar-refractivity contribution in [2.24, 2.45) is 0 Å². The standard InChI is InChI=1S/C20H24N2O6S/c1-4-15-8-10-17(11-9-15)27-14-20(24)28-13-19(23)21-16-6-5-7-18(12-16)29(25,26)22(2)3/h5-12H,4,13-14H2,1-3H3,(H,21,23). The zero-order valence-corrected chi connectivity index (χ0v) is 17.4. The summed E-state index contributed by atoms with van der Waals surface area (Å²) in [6.45, 7) is 1.20. The number of rotatable bonds is 9. The fraction of sp³-hybridized carbons (Fsp3) is 0.300. The van der Waals surface area contributed by atoms with Gasteiger partial charge in [-0.05, 0) is 42.3 Å². The van der Waals surface area contributed by atoms with Crippen LogP contribution in [0.1, 0.15) is 12.5 Å². The Labute approximate surface area is 170 Å². The van der Waals surface area contributed by atoms with Gasteiger partial charge in [0.05, 0.1) is 4.90 Å². The second kappa shape index (κ2) is 10.0. The summed E-state index contributed by atoms with van der Waals surface area (Å²) in [6.07, 6.45) is 0.904. The molecule has 0 aliphatic heterocycles. The number of ether oxygens (including phenoxy) is 2. The Bertz CT molecular complexity index is 955. The van der Waals surface area contributed by atoms with Gasteiger partial charge >= 0.3 is 5.97 Å². The van der Waals surface area contributed by atoms with Gasteiger partial charge in [-0.25, -0.2) is 17.5 Å².